The molecule has 8 heteroatoms. The topological polar surface area (TPSA) is 94.7 Å². The van der Waals surface area contributed by atoms with Crippen molar-refractivity contribution < 1.29 is 36.6 Å². The molecule has 2 N–H and O–H groups in total. The summed E-state index contributed by atoms with van der Waals surface area (Å²) in [6.45, 7) is 0. The molecule has 0 spiro atoms. The first-order chi connectivity index (χ1) is 1.73. The Labute approximate surface area is 85.6 Å². The molecule has 0 aromatic rings. The first kappa shape index (κ1) is 34.3. The SMILES string of the molecule is O.O=[Si]([O-])[O-].[Al].[Fe].[Mg+2]. The summed E-state index contributed by atoms with van der Waals surface area (Å²) >= 11 is 0. The van der Waals surface area contributed by atoms with Gasteiger partial charge in [0.15, 0.2) is 0 Å². The van der Waals surface area contributed by atoms with Crippen molar-refractivity contribution in [3.05, 3.63) is 0 Å². The Balaban J connectivity index is -0.00000000750. The van der Waals surface area contributed by atoms with Gasteiger partial charge in [0.05, 0.1) is 0 Å². The van der Waals surface area contributed by atoms with E-state index in [1.54, 1.807) is 0 Å². The maximum atomic E-state index is 8.52. The summed E-state index contributed by atoms with van der Waals surface area (Å²) in [5.74, 6) is 0. The second-order valence-electron chi connectivity index (χ2n) is 0.250. The van der Waals surface area contributed by atoms with Gasteiger partial charge in [-0.3, -0.25) is 0 Å². The van der Waals surface area contributed by atoms with E-state index in [1.165, 1.54) is 0 Å². The number of rotatable bonds is 0. The first-order valence-corrected chi connectivity index (χ1v) is 1.84. The van der Waals surface area contributed by atoms with Crippen LogP contribution in [0.1, 0.15) is 0 Å². The monoisotopic (exact) mass is 201 g/mol. The van der Waals surface area contributed by atoms with Crippen molar-refractivity contribution in [2.45, 2.75) is 0 Å². The second kappa shape index (κ2) is 23.8. The molecule has 0 aliphatic carbocycles. The Hall–Kier alpha value is 1.40. The smallest absolute Gasteiger partial charge is 0.672 e. The van der Waals surface area contributed by atoms with Gasteiger partial charge >= 0.3 is 23.1 Å². The van der Waals surface area contributed by atoms with E-state index in [0.29, 0.717) is 0 Å². The van der Waals surface area contributed by atoms with Crippen molar-refractivity contribution >= 4 is 49.6 Å². The number of hydrogen-bond donors (Lipinski definition) is 0. The quantitative estimate of drug-likeness (QED) is 0.370. The summed E-state index contributed by atoms with van der Waals surface area (Å²) < 4.78 is 8.52. The molecule has 0 bridgehead atoms. The van der Waals surface area contributed by atoms with Crippen LogP contribution in [0.15, 0.2) is 0 Å². The van der Waals surface area contributed by atoms with E-state index in [9.17, 15) is 0 Å². The normalized spacial score (nSPS) is 3.00. The second-order valence-corrected chi connectivity index (χ2v) is 0.750. The minimum atomic E-state index is -3.63. The van der Waals surface area contributed by atoms with Crippen LogP contribution < -0.4 is 9.59 Å². The summed E-state index contributed by atoms with van der Waals surface area (Å²) in [4.78, 5) is 17.0. The third-order valence-corrected chi connectivity index (χ3v) is 0. The van der Waals surface area contributed by atoms with Crippen LogP contribution in [0, 0.1) is 0 Å². The van der Waals surface area contributed by atoms with Crippen LogP contribution in [0.4, 0.5) is 0 Å². The van der Waals surface area contributed by atoms with Gasteiger partial charge in [0.2, 0.25) is 0 Å². The summed E-state index contributed by atoms with van der Waals surface area (Å²) in [5.41, 5.74) is 0. The van der Waals surface area contributed by atoms with Crippen LogP contribution in [0.3, 0.4) is 0 Å². The molecule has 0 atom stereocenters. The average Bonchev–Trinajstić information content (AvgIpc) is 0.811. The Morgan fingerprint density at radius 3 is 1.25 bits per heavy atom. The van der Waals surface area contributed by atoms with Crippen LogP contribution in [0.5, 0.6) is 0 Å². The van der Waals surface area contributed by atoms with Gasteiger partial charge in [-0.15, -0.1) is 0 Å². The van der Waals surface area contributed by atoms with Crippen LogP contribution in [0.25, 0.3) is 0 Å². The molecule has 0 aliphatic heterocycles. The van der Waals surface area contributed by atoms with Gasteiger partial charge in [0.1, 0.15) is 0 Å². The predicted molar refractivity (Wildman–Crippen MR) is 21.6 cm³/mol. The Morgan fingerprint density at radius 1 is 1.25 bits per heavy atom. The van der Waals surface area contributed by atoms with Crippen LogP contribution in [-0.2, 0) is 21.5 Å². The zero-order valence-electron chi connectivity index (χ0n) is 3.86. The summed E-state index contributed by atoms with van der Waals surface area (Å²) in [7, 11) is -3.63. The molecule has 0 aliphatic rings. The molecule has 4 nitrogen and oxygen atoms in total. The maximum Gasteiger partial charge on any atom is 2.00 e. The molecule has 0 aromatic carbocycles. The number of hydrogen-bond acceptors (Lipinski definition) is 3. The molecule has 0 rings (SSSR count). The molecule has 0 fully saturated rings. The molecule has 43 valence electrons. The van der Waals surface area contributed by atoms with E-state index < -0.39 is 9.17 Å². The molecule has 0 unspecified atom stereocenters. The fraction of sp³-hybridized carbons (Fsp3) is 0. The molecule has 0 heterocycles. The molecular formula is H2AlFeMgO4Si. The largest absolute Gasteiger partial charge is 2.00 e. The van der Waals surface area contributed by atoms with Gasteiger partial charge in [-0.1, -0.05) is 0 Å². The van der Waals surface area contributed by atoms with E-state index in [2.05, 4.69) is 0 Å². The average molecular weight is 201 g/mol. The summed E-state index contributed by atoms with van der Waals surface area (Å²) in [6, 6.07) is 0. The van der Waals surface area contributed by atoms with Crippen molar-refractivity contribution in [1.82, 2.24) is 0 Å². The van der Waals surface area contributed by atoms with Crippen molar-refractivity contribution in [2.75, 3.05) is 0 Å². The Kier molecular flexibility index (Phi) is 102. The van der Waals surface area contributed by atoms with Gasteiger partial charge in [0, 0.05) is 43.6 Å². The van der Waals surface area contributed by atoms with Crippen molar-refractivity contribution in [3.8, 4) is 0 Å². The molecular weight excluding hydrogens is 199 g/mol. The standard InChI is InChI=1S/Al.Fe.Mg.O3Si.H2O/c;;;1-4(2)3;/h;;;;1H2/q;;+2;-2;. The van der Waals surface area contributed by atoms with Crippen LogP contribution in [-0.4, -0.2) is 55.1 Å². The molecule has 0 saturated heterocycles. The minimum absolute atomic E-state index is 0. The molecule has 0 amide bonds. The fourth-order valence-electron chi connectivity index (χ4n) is 0. The van der Waals surface area contributed by atoms with Gasteiger partial charge in [-0.25, -0.2) is 0 Å². The predicted octanol–water partition coefficient (Wildman–Crippen LogP) is -4.47. The summed E-state index contributed by atoms with van der Waals surface area (Å²) in [6.07, 6.45) is 0. The Bertz CT molecular complexity index is 39.0. The van der Waals surface area contributed by atoms with E-state index in [0.717, 1.165) is 0 Å². The molecule has 0 aromatic heterocycles. The van der Waals surface area contributed by atoms with Gasteiger partial charge < -0.3 is 19.5 Å². The van der Waals surface area contributed by atoms with Crippen molar-refractivity contribution in [1.29, 1.82) is 0 Å². The minimum Gasteiger partial charge on any atom is -0.672 e. The third-order valence-electron chi connectivity index (χ3n) is 0. The van der Waals surface area contributed by atoms with Crippen molar-refractivity contribution in [3.63, 3.8) is 0 Å². The van der Waals surface area contributed by atoms with E-state index in [1.807, 2.05) is 0 Å². The summed E-state index contributed by atoms with van der Waals surface area (Å²) in [5, 5.41) is 0. The van der Waals surface area contributed by atoms with E-state index >= 15 is 0 Å². The first-order valence-electron chi connectivity index (χ1n) is 0.612. The van der Waals surface area contributed by atoms with Gasteiger partial charge in [-0.05, 0) is 0 Å². The van der Waals surface area contributed by atoms with Gasteiger partial charge in [-0.2, -0.15) is 0 Å². The van der Waals surface area contributed by atoms with Crippen LogP contribution in [0.2, 0.25) is 0 Å². The van der Waals surface area contributed by atoms with Crippen LogP contribution >= 0.6 is 0 Å². The maximum absolute atomic E-state index is 8.52. The molecule has 3 radical (unpaired) electrons. The van der Waals surface area contributed by atoms with Crippen molar-refractivity contribution in [2.24, 2.45) is 0 Å². The zero-order valence-corrected chi connectivity index (χ0v) is 8.54. The fourth-order valence-corrected chi connectivity index (χ4v) is 0. The Morgan fingerprint density at radius 2 is 1.25 bits per heavy atom. The zero-order chi connectivity index (χ0) is 3.58. The third kappa shape index (κ3) is 155. The molecule has 0 saturated carbocycles. The van der Waals surface area contributed by atoms with Gasteiger partial charge in [0.25, 0.3) is 0 Å². The molecule has 8 heavy (non-hydrogen) atoms. The van der Waals surface area contributed by atoms with E-state index in [-0.39, 0.29) is 63.0 Å². The van der Waals surface area contributed by atoms with E-state index in [4.69, 9.17) is 14.1 Å².